The van der Waals surface area contributed by atoms with Crippen molar-refractivity contribution in [1.29, 1.82) is 0 Å². The van der Waals surface area contributed by atoms with E-state index in [-0.39, 0.29) is 11.0 Å². The minimum absolute atomic E-state index is 0.0316. The predicted molar refractivity (Wildman–Crippen MR) is 81.3 cm³/mol. The molecule has 114 valence electrons. The lowest BCUT2D eigenvalue weighted by Gasteiger charge is -2.42. The molecule has 0 saturated carbocycles. The van der Waals surface area contributed by atoms with Crippen molar-refractivity contribution in [1.82, 2.24) is 9.80 Å². The van der Waals surface area contributed by atoms with Crippen LogP contribution in [0.4, 0.5) is 4.39 Å². The third-order valence-corrected chi connectivity index (χ3v) is 4.26. The van der Waals surface area contributed by atoms with Gasteiger partial charge in [0.05, 0.1) is 0 Å². The molecule has 0 amide bonds. The van der Waals surface area contributed by atoms with Crippen LogP contribution in [0.2, 0.25) is 0 Å². The number of likely N-dealkylation sites (tertiary alicyclic amines) is 1. The fourth-order valence-electron chi connectivity index (χ4n) is 3.02. The van der Waals surface area contributed by atoms with Gasteiger partial charge >= 0.3 is 0 Å². The van der Waals surface area contributed by atoms with Crippen LogP contribution in [0.1, 0.15) is 54.4 Å². The van der Waals surface area contributed by atoms with Gasteiger partial charge in [0.1, 0.15) is 5.67 Å². The summed E-state index contributed by atoms with van der Waals surface area (Å²) in [5, 5.41) is 0. The highest BCUT2D eigenvalue weighted by Crippen LogP contribution is 2.44. The maximum atomic E-state index is 15.2. The molecule has 1 saturated heterocycles. The Morgan fingerprint density at radius 1 is 1.16 bits per heavy atom. The van der Waals surface area contributed by atoms with Crippen molar-refractivity contribution in [2.45, 2.75) is 71.6 Å². The fourth-order valence-corrected chi connectivity index (χ4v) is 3.02. The molecule has 1 fully saturated rings. The average molecular weight is 272 g/mol. The largest absolute Gasteiger partial charge is 0.309 e. The maximum absolute atomic E-state index is 15.2. The monoisotopic (exact) mass is 272 g/mol. The zero-order valence-corrected chi connectivity index (χ0v) is 14.2. The number of hydrogen-bond acceptors (Lipinski definition) is 2. The van der Waals surface area contributed by atoms with Gasteiger partial charge in [0.15, 0.2) is 0 Å². The molecule has 1 aliphatic heterocycles. The Kier molecular flexibility index (Phi) is 4.74. The highest BCUT2D eigenvalue weighted by Gasteiger charge is 2.51. The number of halogens is 1. The molecule has 0 aromatic rings. The quantitative estimate of drug-likeness (QED) is 0.775. The Balaban J connectivity index is 2.88. The summed E-state index contributed by atoms with van der Waals surface area (Å²) in [6.07, 6.45) is 1.31. The molecule has 19 heavy (non-hydrogen) atoms. The van der Waals surface area contributed by atoms with E-state index < -0.39 is 5.67 Å². The lowest BCUT2D eigenvalue weighted by molar-refractivity contribution is 0.0524. The van der Waals surface area contributed by atoms with Gasteiger partial charge in [0.25, 0.3) is 0 Å². The normalized spacial score (nSPS) is 30.3. The second-order valence-corrected chi connectivity index (χ2v) is 8.59. The molecule has 0 unspecified atom stereocenters. The van der Waals surface area contributed by atoms with Gasteiger partial charge in [-0.15, -0.1) is 0 Å². The van der Waals surface area contributed by atoms with E-state index in [4.69, 9.17) is 0 Å². The number of nitrogens with zero attached hydrogens (tertiary/aromatic N) is 2. The molecule has 0 radical (unpaired) electrons. The third kappa shape index (κ3) is 4.42. The number of rotatable bonds is 3. The molecule has 1 heterocycles. The van der Waals surface area contributed by atoms with E-state index in [2.05, 4.69) is 51.3 Å². The fraction of sp³-hybridized carbons (Fsp3) is 1.00. The number of alkyl halides is 1. The summed E-state index contributed by atoms with van der Waals surface area (Å²) in [4.78, 5) is 4.45. The van der Waals surface area contributed by atoms with Crippen LogP contribution in [0.25, 0.3) is 0 Å². The van der Waals surface area contributed by atoms with Crippen LogP contribution < -0.4 is 0 Å². The van der Waals surface area contributed by atoms with Crippen molar-refractivity contribution < 1.29 is 4.39 Å². The van der Waals surface area contributed by atoms with Gasteiger partial charge in [-0.05, 0) is 53.1 Å². The Labute approximate surface area is 119 Å². The van der Waals surface area contributed by atoms with Gasteiger partial charge in [-0.3, -0.25) is 4.90 Å². The Hall–Kier alpha value is -0.150. The van der Waals surface area contributed by atoms with Gasteiger partial charge in [0, 0.05) is 24.7 Å². The molecule has 2 atom stereocenters. The summed E-state index contributed by atoms with van der Waals surface area (Å²) in [6, 6.07) is 0.319. The van der Waals surface area contributed by atoms with Gasteiger partial charge in [-0.25, -0.2) is 4.39 Å². The number of hydrogen-bond donors (Lipinski definition) is 0. The van der Waals surface area contributed by atoms with Crippen LogP contribution >= 0.6 is 0 Å². The summed E-state index contributed by atoms with van der Waals surface area (Å²) in [6.45, 7) is 14.7. The topological polar surface area (TPSA) is 6.48 Å². The third-order valence-electron chi connectivity index (χ3n) is 4.26. The highest BCUT2D eigenvalue weighted by atomic mass is 19.1. The van der Waals surface area contributed by atoms with E-state index in [1.807, 2.05) is 14.1 Å². The van der Waals surface area contributed by atoms with Gasteiger partial charge in [-0.2, -0.15) is 0 Å². The van der Waals surface area contributed by atoms with Crippen molar-refractivity contribution in [2.75, 3.05) is 27.2 Å². The second kappa shape index (κ2) is 5.33. The van der Waals surface area contributed by atoms with Gasteiger partial charge in [0.2, 0.25) is 0 Å². The van der Waals surface area contributed by atoms with Crippen LogP contribution in [-0.2, 0) is 0 Å². The molecule has 3 heteroatoms. The second-order valence-electron chi connectivity index (χ2n) is 8.59. The molecule has 1 aliphatic rings. The van der Waals surface area contributed by atoms with Crippen LogP contribution in [0.3, 0.4) is 0 Å². The Morgan fingerprint density at radius 2 is 1.68 bits per heavy atom. The first-order valence-corrected chi connectivity index (χ1v) is 7.46. The van der Waals surface area contributed by atoms with Gasteiger partial charge < -0.3 is 4.90 Å². The van der Waals surface area contributed by atoms with Crippen molar-refractivity contribution in [3.05, 3.63) is 0 Å². The summed E-state index contributed by atoms with van der Waals surface area (Å²) in [5.74, 6) is 0. The highest BCUT2D eigenvalue weighted by molar-refractivity contribution is 5.04. The average Bonchev–Trinajstić information content (AvgIpc) is 2.54. The van der Waals surface area contributed by atoms with Crippen molar-refractivity contribution in [2.24, 2.45) is 5.41 Å². The lowest BCUT2D eigenvalue weighted by Crippen LogP contribution is -2.49. The zero-order valence-electron chi connectivity index (χ0n) is 14.2. The van der Waals surface area contributed by atoms with E-state index in [9.17, 15) is 0 Å². The molecule has 0 aromatic carbocycles. The molecular weight excluding hydrogens is 239 g/mol. The summed E-state index contributed by atoms with van der Waals surface area (Å²) in [7, 11) is 4.03. The molecule has 0 bridgehead atoms. The molecule has 2 nitrogen and oxygen atoms in total. The van der Waals surface area contributed by atoms with E-state index in [1.165, 1.54) is 0 Å². The van der Waals surface area contributed by atoms with E-state index >= 15 is 4.39 Å². The van der Waals surface area contributed by atoms with Crippen LogP contribution in [0, 0.1) is 5.41 Å². The summed E-state index contributed by atoms with van der Waals surface area (Å²) in [5.41, 5.74) is -0.876. The van der Waals surface area contributed by atoms with Gasteiger partial charge in [-0.1, -0.05) is 20.8 Å². The first-order chi connectivity index (χ1) is 8.35. The minimum atomic E-state index is -1.03. The first kappa shape index (κ1) is 16.9. The molecule has 0 aromatic heterocycles. The summed E-state index contributed by atoms with van der Waals surface area (Å²) >= 11 is 0. The maximum Gasteiger partial charge on any atom is 0.126 e. The van der Waals surface area contributed by atoms with E-state index in [0.29, 0.717) is 25.4 Å². The SMILES string of the molecule is CN(C)CC[C@@]1(F)C[C@@H](C(C)(C)C)N(C(C)(C)C)C1. The standard InChI is InChI=1S/C16H33FN2/c1-14(2,3)13-11-16(17,9-10-18(7)8)12-19(13)15(4,5)6/h13H,9-12H2,1-8H3/t13-,16+/m0/s1. The summed E-state index contributed by atoms with van der Waals surface area (Å²) < 4.78 is 15.2. The molecule has 0 spiro atoms. The predicted octanol–water partition coefficient (Wildman–Crippen LogP) is 3.57. The van der Waals surface area contributed by atoms with E-state index in [0.717, 1.165) is 6.54 Å². The molecular formula is C16H33FN2. The zero-order chi connectivity index (χ0) is 15.1. The lowest BCUT2D eigenvalue weighted by atomic mass is 9.81. The van der Waals surface area contributed by atoms with Crippen LogP contribution in [-0.4, -0.2) is 54.2 Å². The molecule has 1 rings (SSSR count). The van der Waals surface area contributed by atoms with Crippen molar-refractivity contribution in [3.63, 3.8) is 0 Å². The van der Waals surface area contributed by atoms with Crippen molar-refractivity contribution >= 4 is 0 Å². The Morgan fingerprint density at radius 3 is 2.00 bits per heavy atom. The van der Waals surface area contributed by atoms with Crippen LogP contribution in [0.5, 0.6) is 0 Å². The molecule has 0 aliphatic carbocycles. The smallest absolute Gasteiger partial charge is 0.126 e. The van der Waals surface area contributed by atoms with Crippen LogP contribution in [0.15, 0.2) is 0 Å². The first-order valence-electron chi connectivity index (χ1n) is 7.46. The van der Waals surface area contributed by atoms with Crippen molar-refractivity contribution in [3.8, 4) is 0 Å². The molecule has 0 N–H and O–H groups in total. The minimum Gasteiger partial charge on any atom is -0.309 e. The Bertz CT molecular complexity index is 277. The van der Waals surface area contributed by atoms with E-state index in [1.54, 1.807) is 0 Å².